The molecule has 4 saturated carbocycles. The van der Waals surface area contributed by atoms with Crippen LogP contribution in [0.3, 0.4) is 0 Å². The van der Waals surface area contributed by atoms with Crippen LogP contribution < -0.4 is 0 Å². The Hall–Kier alpha value is -1.43. The molecule has 5 fully saturated rings. The molecule has 5 rings (SSSR count). The van der Waals surface area contributed by atoms with Gasteiger partial charge in [-0.25, -0.2) is 0 Å². The van der Waals surface area contributed by atoms with Gasteiger partial charge in [-0.1, -0.05) is 37.5 Å². The highest BCUT2D eigenvalue weighted by Gasteiger charge is 2.62. The fourth-order valence-electron chi connectivity index (χ4n) is 8.78. The maximum Gasteiger partial charge on any atom is 0.141 e. The summed E-state index contributed by atoms with van der Waals surface area (Å²) in [4.78, 5) is 26.8. The number of fused-ring (bicyclic) bond motifs is 5. The lowest BCUT2D eigenvalue weighted by Gasteiger charge is -2.59. The molecule has 0 spiro atoms. The molecule has 0 radical (unpaired) electrons. The predicted molar refractivity (Wildman–Crippen MR) is 135 cm³/mol. The molecule has 1 aliphatic heterocycles. The van der Waals surface area contributed by atoms with Crippen LogP contribution in [-0.4, -0.2) is 55.5 Å². The Kier molecular flexibility index (Phi) is 6.82. The first-order valence-electron chi connectivity index (χ1n) is 13.9. The monoisotopic (exact) mass is 471 g/mol. The first-order chi connectivity index (χ1) is 16.4. The van der Waals surface area contributed by atoms with Gasteiger partial charge in [0.15, 0.2) is 0 Å². The number of carbonyl (C=O) groups is 1. The zero-order valence-electron chi connectivity index (χ0n) is 21.9. The maximum atomic E-state index is 13.1. The van der Waals surface area contributed by atoms with Gasteiger partial charge in [0.05, 0.1) is 11.4 Å². The minimum absolute atomic E-state index is 0.133. The molecule has 190 valence electrons. The summed E-state index contributed by atoms with van der Waals surface area (Å²) in [6.07, 6.45) is 11.3. The summed E-state index contributed by atoms with van der Waals surface area (Å²) in [6.45, 7) is 11.0. The number of likely N-dealkylation sites (tertiary alicyclic amines) is 1. The second kappa shape index (κ2) is 9.55. The summed E-state index contributed by atoms with van der Waals surface area (Å²) in [6, 6.07) is 0. The highest BCUT2D eigenvalue weighted by Crippen LogP contribution is 2.65. The fourth-order valence-corrected chi connectivity index (χ4v) is 8.78. The topological polar surface area (TPSA) is 63.5 Å². The van der Waals surface area contributed by atoms with Crippen molar-refractivity contribution < 1.29 is 14.5 Å². The summed E-state index contributed by atoms with van der Waals surface area (Å²) in [7, 11) is 1.67. The third kappa shape index (κ3) is 4.12. The molecule has 5 aliphatic rings. The number of hydrogen-bond acceptors (Lipinski definition) is 6. The van der Waals surface area contributed by atoms with Crippen LogP contribution >= 0.6 is 0 Å². The number of ketones is 1. The molecule has 0 amide bonds. The Morgan fingerprint density at radius 1 is 1.06 bits per heavy atom. The maximum absolute atomic E-state index is 13.1. The van der Waals surface area contributed by atoms with Gasteiger partial charge in [-0.15, -0.1) is 0 Å². The normalized spacial score (nSPS) is 45.1. The molecule has 0 N–H and O–H groups in total. The first-order valence-corrected chi connectivity index (χ1v) is 13.9. The quantitative estimate of drug-likeness (QED) is 0.402. The zero-order chi connectivity index (χ0) is 23.9. The van der Waals surface area contributed by atoms with Gasteiger partial charge in [0.1, 0.15) is 19.5 Å². The number of carbonyl (C=O) groups excluding carboxylic acids is 1. The molecule has 0 aromatic rings. The van der Waals surface area contributed by atoms with Crippen LogP contribution in [0.15, 0.2) is 10.3 Å². The van der Waals surface area contributed by atoms with Crippen molar-refractivity contribution in [1.82, 2.24) is 4.90 Å². The summed E-state index contributed by atoms with van der Waals surface area (Å²) in [5.74, 6) is 2.77. The van der Waals surface area contributed by atoms with E-state index in [1.165, 1.54) is 50.2 Å². The molecule has 6 nitrogen and oxygen atoms in total. The molecule has 0 aromatic carbocycles. The van der Waals surface area contributed by atoms with Crippen molar-refractivity contribution in [3.05, 3.63) is 0 Å². The Morgan fingerprint density at radius 2 is 1.85 bits per heavy atom. The first kappa shape index (κ1) is 24.3. The second-order valence-electron chi connectivity index (χ2n) is 12.5. The number of oxime groups is 2. The van der Waals surface area contributed by atoms with E-state index in [1.54, 1.807) is 7.11 Å². The number of Topliss-reactive ketones (excluding diaryl/α,β-unsaturated/α-hetero) is 1. The van der Waals surface area contributed by atoms with Gasteiger partial charge in [0.2, 0.25) is 0 Å². The SMILES string of the molecule is CON=C1CC2C(CC[C@]3(C)C(=O)C(C)CC23)[C@@]2(C)CCC(=NOCCN3CCCCC3)CC12. The molecule has 6 heteroatoms. The largest absolute Gasteiger partial charge is 0.399 e. The van der Waals surface area contributed by atoms with E-state index in [9.17, 15) is 4.79 Å². The lowest BCUT2D eigenvalue weighted by molar-refractivity contribution is -0.135. The van der Waals surface area contributed by atoms with Crippen LogP contribution in [0, 0.1) is 40.4 Å². The highest BCUT2D eigenvalue weighted by molar-refractivity contribution is 5.96. The van der Waals surface area contributed by atoms with E-state index in [2.05, 4.69) is 36.0 Å². The van der Waals surface area contributed by atoms with Crippen molar-refractivity contribution in [2.24, 2.45) is 50.7 Å². The number of hydrogen-bond donors (Lipinski definition) is 0. The predicted octanol–water partition coefficient (Wildman–Crippen LogP) is 5.32. The highest BCUT2D eigenvalue weighted by atomic mass is 16.6. The minimum atomic E-state index is -0.133. The molecule has 0 bridgehead atoms. The Bertz CT molecular complexity index is 835. The summed E-state index contributed by atoms with van der Waals surface area (Å²) in [5.41, 5.74) is 2.45. The van der Waals surface area contributed by atoms with E-state index in [0.717, 1.165) is 45.1 Å². The molecular formula is C28H45N3O3. The lowest BCUT2D eigenvalue weighted by atomic mass is 9.45. The van der Waals surface area contributed by atoms with Gasteiger partial charge in [0.25, 0.3) is 0 Å². The van der Waals surface area contributed by atoms with Crippen LogP contribution in [0.1, 0.15) is 85.0 Å². The van der Waals surface area contributed by atoms with Crippen LogP contribution in [0.2, 0.25) is 0 Å². The summed E-state index contributed by atoms with van der Waals surface area (Å²) < 4.78 is 0. The van der Waals surface area contributed by atoms with Crippen LogP contribution in [-0.2, 0) is 14.5 Å². The molecule has 1 heterocycles. The van der Waals surface area contributed by atoms with Gasteiger partial charge in [-0.3, -0.25) is 9.69 Å². The average Bonchev–Trinajstić information content (AvgIpc) is 3.07. The smallest absolute Gasteiger partial charge is 0.141 e. The molecule has 4 aliphatic carbocycles. The van der Waals surface area contributed by atoms with Crippen molar-refractivity contribution >= 4 is 17.2 Å². The molecule has 0 aromatic heterocycles. The number of rotatable bonds is 5. The third-order valence-electron chi connectivity index (χ3n) is 10.7. The van der Waals surface area contributed by atoms with E-state index in [0.29, 0.717) is 36.1 Å². The van der Waals surface area contributed by atoms with Crippen molar-refractivity contribution in [2.75, 3.05) is 33.4 Å². The van der Waals surface area contributed by atoms with Gasteiger partial charge in [0, 0.05) is 23.8 Å². The van der Waals surface area contributed by atoms with E-state index in [4.69, 9.17) is 9.68 Å². The van der Waals surface area contributed by atoms with Gasteiger partial charge in [-0.05, 0) is 94.0 Å². The van der Waals surface area contributed by atoms with Crippen molar-refractivity contribution in [3.8, 4) is 0 Å². The number of piperidine rings is 1. The van der Waals surface area contributed by atoms with Gasteiger partial charge < -0.3 is 9.68 Å². The van der Waals surface area contributed by atoms with Crippen LogP contribution in [0.5, 0.6) is 0 Å². The molecule has 7 atom stereocenters. The van der Waals surface area contributed by atoms with Crippen LogP contribution in [0.4, 0.5) is 0 Å². The van der Waals surface area contributed by atoms with Gasteiger partial charge >= 0.3 is 0 Å². The summed E-state index contributed by atoms with van der Waals surface area (Å²) in [5, 5.41) is 9.22. The summed E-state index contributed by atoms with van der Waals surface area (Å²) >= 11 is 0. The van der Waals surface area contributed by atoms with E-state index < -0.39 is 0 Å². The second-order valence-corrected chi connectivity index (χ2v) is 12.5. The average molecular weight is 472 g/mol. The molecule has 34 heavy (non-hydrogen) atoms. The minimum Gasteiger partial charge on any atom is -0.399 e. The fraction of sp³-hybridized carbons (Fsp3) is 0.893. The van der Waals surface area contributed by atoms with Gasteiger partial charge in [-0.2, -0.15) is 0 Å². The van der Waals surface area contributed by atoms with Crippen LogP contribution in [0.25, 0.3) is 0 Å². The molecular weight excluding hydrogens is 426 g/mol. The van der Waals surface area contributed by atoms with E-state index >= 15 is 0 Å². The van der Waals surface area contributed by atoms with Crippen molar-refractivity contribution in [3.63, 3.8) is 0 Å². The number of nitrogens with zero attached hydrogens (tertiary/aromatic N) is 3. The van der Waals surface area contributed by atoms with E-state index in [1.807, 2.05) is 0 Å². The Labute approximate surface area is 205 Å². The lowest BCUT2D eigenvalue weighted by Crippen LogP contribution is -2.56. The zero-order valence-corrected chi connectivity index (χ0v) is 21.9. The van der Waals surface area contributed by atoms with Crippen molar-refractivity contribution in [1.29, 1.82) is 0 Å². The Balaban J connectivity index is 1.29. The molecule has 1 saturated heterocycles. The van der Waals surface area contributed by atoms with E-state index in [-0.39, 0.29) is 16.7 Å². The third-order valence-corrected chi connectivity index (χ3v) is 10.7. The standard InChI is InChI=1S/C28H45N3O3/c1-19-16-23-21-18-25(30-33-4)24-17-20(29-34-15-14-31-12-6-5-7-13-31)8-10-27(24,2)22(21)9-11-28(23,3)26(19)32/h19,21-24H,5-18H2,1-4H3/t19?,21?,22?,23?,24?,27-,28+/m1/s1. The Morgan fingerprint density at radius 3 is 2.62 bits per heavy atom. The molecule has 5 unspecified atom stereocenters. The van der Waals surface area contributed by atoms with Crippen molar-refractivity contribution in [2.45, 2.75) is 85.0 Å².